The first-order valence-electron chi connectivity index (χ1n) is 4.81. The number of aliphatic hydroxyl groups excluding tert-OH is 1. The molecule has 1 heterocycles. The maximum Gasteiger partial charge on any atom is 0.124 e. The molecule has 0 aliphatic rings. The first-order valence-corrected chi connectivity index (χ1v) is 6.54. The molecule has 1 atom stereocenters. The SMILES string of the molecule is OC(Cc1ccc(F)cc1Br)c1ccsc1. The number of hydrogen-bond donors (Lipinski definition) is 1. The van der Waals surface area contributed by atoms with E-state index in [0.717, 1.165) is 11.1 Å². The molecule has 0 saturated carbocycles. The van der Waals surface area contributed by atoms with Crippen LogP contribution in [0.25, 0.3) is 0 Å². The normalized spacial score (nSPS) is 12.7. The summed E-state index contributed by atoms with van der Waals surface area (Å²) in [5.41, 5.74) is 1.81. The number of halogens is 2. The van der Waals surface area contributed by atoms with Crippen molar-refractivity contribution in [3.63, 3.8) is 0 Å². The van der Waals surface area contributed by atoms with E-state index in [1.807, 2.05) is 16.8 Å². The van der Waals surface area contributed by atoms with Crippen molar-refractivity contribution in [2.75, 3.05) is 0 Å². The van der Waals surface area contributed by atoms with Crippen LogP contribution in [0.15, 0.2) is 39.5 Å². The summed E-state index contributed by atoms with van der Waals surface area (Å²) in [4.78, 5) is 0. The smallest absolute Gasteiger partial charge is 0.124 e. The number of aliphatic hydroxyl groups is 1. The summed E-state index contributed by atoms with van der Waals surface area (Å²) < 4.78 is 13.6. The van der Waals surface area contributed by atoms with Crippen LogP contribution in [0.2, 0.25) is 0 Å². The highest BCUT2D eigenvalue weighted by Gasteiger charge is 2.11. The quantitative estimate of drug-likeness (QED) is 0.911. The monoisotopic (exact) mass is 300 g/mol. The lowest BCUT2D eigenvalue weighted by Crippen LogP contribution is -2.01. The standard InChI is InChI=1S/C12H10BrFOS/c13-11-6-10(14)2-1-8(11)5-12(15)9-3-4-16-7-9/h1-4,6-7,12,15H,5H2. The molecule has 0 spiro atoms. The van der Waals surface area contributed by atoms with Crippen molar-refractivity contribution in [3.8, 4) is 0 Å². The topological polar surface area (TPSA) is 20.2 Å². The van der Waals surface area contributed by atoms with Gasteiger partial charge in [-0.25, -0.2) is 4.39 Å². The summed E-state index contributed by atoms with van der Waals surface area (Å²) in [6.45, 7) is 0. The third-order valence-corrected chi connectivity index (χ3v) is 3.80. The van der Waals surface area contributed by atoms with Crippen LogP contribution < -0.4 is 0 Å². The fourth-order valence-electron chi connectivity index (χ4n) is 1.48. The molecule has 84 valence electrons. The molecule has 0 saturated heterocycles. The van der Waals surface area contributed by atoms with E-state index >= 15 is 0 Å². The Kier molecular flexibility index (Phi) is 3.74. The lowest BCUT2D eigenvalue weighted by Gasteiger charge is -2.10. The third-order valence-electron chi connectivity index (χ3n) is 2.36. The van der Waals surface area contributed by atoms with Gasteiger partial charge < -0.3 is 5.11 Å². The van der Waals surface area contributed by atoms with Crippen LogP contribution in [-0.2, 0) is 6.42 Å². The molecule has 4 heteroatoms. The van der Waals surface area contributed by atoms with Gasteiger partial charge in [0.1, 0.15) is 5.82 Å². The Morgan fingerprint density at radius 2 is 2.19 bits per heavy atom. The molecule has 1 unspecified atom stereocenters. The summed E-state index contributed by atoms with van der Waals surface area (Å²) in [6.07, 6.45) is -0.0505. The summed E-state index contributed by atoms with van der Waals surface area (Å²) in [6, 6.07) is 6.40. The van der Waals surface area contributed by atoms with Crippen LogP contribution >= 0.6 is 27.3 Å². The zero-order valence-electron chi connectivity index (χ0n) is 8.36. The van der Waals surface area contributed by atoms with Gasteiger partial charge in [-0.05, 0) is 40.1 Å². The van der Waals surface area contributed by atoms with Crippen LogP contribution in [0, 0.1) is 5.82 Å². The van der Waals surface area contributed by atoms with Gasteiger partial charge in [0, 0.05) is 10.9 Å². The fraction of sp³-hybridized carbons (Fsp3) is 0.167. The maximum atomic E-state index is 12.9. The van der Waals surface area contributed by atoms with Gasteiger partial charge in [0.05, 0.1) is 6.10 Å². The first kappa shape index (κ1) is 11.8. The maximum absolute atomic E-state index is 12.9. The Morgan fingerprint density at radius 3 is 2.81 bits per heavy atom. The van der Waals surface area contributed by atoms with Gasteiger partial charge in [-0.15, -0.1) is 0 Å². The molecule has 0 bridgehead atoms. The van der Waals surface area contributed by atoms with Crippen molar-refractivity contribution < 1.29 is 9.50 Å². The zero-order valence-corrected chi connectivity index (χ0v) is 10.8. The van der Waals surface area contributed by atoms with Crippen molar-refractivity contribution in [2.45, 2.75) is 12.5 Å². The average molecular weight is 301 g/mol. The van der Waals surface area contributed by atoms with E-state index < -0.39 is 6.10 Å². The third kappa shape index (κ3) is 2.70. The van der Waals surface area contributed by atoms with E-state index in [9.17, 15) is 9.50 Å². The van der Waals surface area contributed by atoms with Gasteiger partial charge in [-0.1, -0.05) is 22.0 Å². The highest BCUT2D eigenvalue weighted by Crippen LogP contribution is 2.25. The van der Waals surface area contributed by atoms with E-state index in [1.54, 1.807) is 17.4 Å². The molecule has 0 aliphatic carbocycles. The van der Waals surface area contributed by atoms with Crippen LogP contribution in [0.3, 0.4) is 0 Å². The van der Waals surface area contributed by atoms with Gasteiger partial charge in [-0.3, -0.25) is 0 Å². The second kappa shape index (κ2) is 5.08. The van der Waals surface area contributed by atoms with E-state index in [0.29, 0.717) is 10.9 Å². The number of thiophene rings is 1. The number of hydrogen-bond acceptors (Lipinski definition) is 2. The van der Waals surface area contributed by atoms with E-state index in [-0.39, 0.29) is 5.82 Å². The first-order chi connectivity index (χ1) is 7.66. The summed E-state index contributed by atoms with van der Waals surface area (Å²) in [7, 11) is 0. The molecule has 0 fully saturated rings. The van der Waals surface area contributed by atoms with Crippen molar-refractivity contribution in [2.24, 2.45) is 0 Å². The van der Waals surface area contributed by atoms with Gasteiger partial charge in [0.15, 0.2) is 0 Å². The van der Waals surface area contributed by atoms with Crippen LogP contribution in [-0.4, -0.2) is 5.11 Å². The molecule has 0 aliphatic heterocycles. The second-order valence-electron chi connectivity index (χ2n) is 3.51. The van der Waals surface area contributed by atoms with Gasteiger partial charge >= 0.3 is 0 Å². The van der Waals surface area contributed by atoms with Crippen molar-refractivity contribution >= 4 is 27.3 Å². The lowest BCUT2D eigenvalue weighted by molar-refractivity contribution is 0.178. The van der Waals surface area contributed by atoms with E-state index in [2.05, 4.69) is 15.9 Å². The zero-order chi connectivity index (χ0) is 11.5. The highest BCUT2D eigenvalue weighted by atomic mass is 79.9. The molecule has 0 radical (unpaired) electrons. The minimum atomic E-state index is -0.534. The van der Waals surface area contributed by atoms with Crippen LogP contribution in [0.1, 0.15) is 17.2 Å². The molecule has 1 N–H and O–H groups in total. The van der Waals surface area contributed by atoms with Crippen molar-refractivity contribution in [1.29, 1.82) is 0 Å². The van der Waals surface area contributed by atoms with Crippen molar-refractivity contribution in [3.05, 3.63) is 56.4 Å². The van der Waals surface area contributed by atoms with Gasteiger partial charge in [0.25, 0.3) is 0 Å². The molecule has 16 heavy (non-hydrogen) atoms. The molecule has 2 rings (SSSR count). The molecule has 1 aromatic carbocycles. The molecule has 1 nitrogen and oxygen atoms in total. The minimum Gasteiger partial charge on any atom is -0.388 e. The average Bonchev–Trinajstić information content (AvgIpc) is 2.75. The number of benzene rings is 1. The van der Waals surface area contributed by atoms with Crippen molar-refractivity contribution in [1.82, 2.24) is 0 Å². The van der Waals surface area contributed by atoms with Gasteiger partial charge in [0.2, 0.25) is 0 Å². The Labute approximate surface area is 106 Å². The fourth-order valence-corrected chi connectivity index (χ4v) is 2.70. The Bertz CT molecular complexity index is 470. The molecular formula is C12H10BrFOS. The van der Waals surface area contributed by atoms with Crippen LogP contribution in [0.4, 0.5) is 4.39 Å². The summed E-state index contributed by atoms with van der Waals surface area (Å²) >= 11 is 4.84. The lowest BCUT2D eigenvalue weighted by atomic mass is 10.0. The Hall–Kier alpha value is -0.710. The highest BCUT2D eigenvalue weighted by molar-refractivity contribution is 9.10. The summed E-state index contributed by atoms with van der Waals surface area (Å²) in [5, 5.41) is 13.8. The second-order valence-corrected chi connectivity index (χ2v) is 5.15. The molecular weight excluding hydrogens is 291 g/mol. The molecule has 1 aromatic heterocycles. The minimum absolute atomic E-state index is 0.277. The van der Waals surface area contributed by atoms with E-state index in [1.165, 1.54) is 12.1 Å². The Balaban J connectivity index is 2.15. The van der Waals surface area contributed by atoms with Crippen LogP contribution in [0.5, 0.6) is 0 Å². The largest absolute Gasteiger partial charge is 0.388 e. The molecule has 0 amide bonds. The van der Waals surface area contributed by atoms with E-state index in [4.69, 9.17) is 0 Å². The Morgan fingerprint density at radius 1 is 1.38 bits per heavy atom. The van der Waals surface area contributed by atoms with Gasteiger partial charge in [-0.2, -0.15) is 11.3 Å². The number of rotatable bonds is 3. The predicted octanol–water partition coefficient (Wildman–Crippen LogP) is 3.93. The summed E-state index contributed by atoms with van der Waals surface area (Å²) in [5.74, 6) is -0.277. The molecule has 2 aromatic rings. The predicted molar refractivity (Wildman–Crippen MR) is 67.1 cm³/mol.